The molecule has 0 heterocycles. The normalized spacial score (nSPS) is 12.8. The van der Waals surface area contributed by atoms with Crippen LogP contribution in [0.25, 0.3) is 0 Å². The Balaban J connectivity index is 4.28. The Kier molecular flexibility index (Phi) is 63.3. The van der Waals surface area contributed by atoms with Crippen LogP contribution >= 0.6 is 0 Å². The Hall–Kier alpha value is -3.93. The van der Waals surface area contributed by atoms with Gasteiger partial charge in [-0.2, -0.15) is 0 Å². The van der Waals surface area contributed by atoms with E-state index < -0.39 is 6.10 Å². The van der Waals surface area contributed by atoms with Gasteiger partial charge in [0.1, 0.15) is 13.2 Å². The van der Waals surface area contributed by atoms with E-state index in [0.717, 1.165) is 128 Å². The van der Waals surface area contributed by atoms with Crippen molar-refractivity contribution < 1.29 is 28.6 Å². The summed E-state index contributed by atoms with van der Waals surface area (Å²) in [5.41, 5.74) is 0. The Bertz CT molecular complexity index is 1590. The van der Waals surface area contributed by atoms with Crippen molar-refractivity contribution in [2.75, 3.05) is 13.2 Å². The third-order valence-electron chi connectivity index (χ3n) is 14.2. The van der Waals surface area contributed by atoms with Gasteiger partial charge in [0.2, 0.25) is 0 Å². The number of rotatable bonds is 60. The van der Waals surface area contributed by atoms with Crippen molar-refractivity contribution in [2.24, 2.45) is 0 Å². The maximum Gasteiger partial charge on any atom is 0.306 e. The van der Waals surface area contributed by atoms with Gasteiger partial charge in [-0.15, -0.1) is 0 Å². The molecule has 79 heavy (non-hydrogen) atoms. The summed E-state index contributed by atoms with van der Waals surface area (Å²) in [6.07, 6.45) is 91.0. The molecule has 0 N–H and O–H groups in total. The average Bonchev–Trinajstić information content (AvgIpc) is 3.45. The first-order valence-corrected chi connectivity index (χ1v) is 33.4. The molecule has 0 spiro atoms. The van der Waals surface area contributed by atoms with Crippen molar-refractivity contribution in [1.29, 1.82) is 0 Å². The zero-order valence-electron chi connectivity index (χ0n) is 51.9. The van der Waals surface area contributed by atoms with E-state index in [2.05, 4.69) is 130 Å². The lowest BCUT2D eigenvalue weighted by Crippen LogP contribution is -2.30. The van der Waals surface area contributed by atoms with Gasteiger partial charge < -0.3 is 14.2 Å². The molecule has 0 amide bonds. The first-order valence-electron chi connectivity index (χ1n) is 33.4. The Morgan fingerprint density at radius 3 is 0.772 bits per heavy atom. The highest BCUT2D eigenvalue weighted by Crippen LogP contribution is 2.17. The van der Waals surface area contributed by atoms with E-state index in [1.807, 2.05) is 0 Å². The van der Waals surface area contributed by atoms with Gasteiger partial charge in [-0.05, 0) is 122 Å². The Morgan fingerprint density at radius 2 is 0.494 bits per heavy atom. The zero-order chi connectivity index (χ0) is 57.1. The second kappa shape index (κ2) is 66.6. The second-order valence-corrected chi connectivity index (χ2v) is 22.0. The topological polar surface area (TPSA) is 78.9 Å². The van der Waals surface area contributed by atoms with Crippen molar-refractivity contribution in [3.05, 3.63) is 109 Å². The summed E-state index contributed by atoms with van der Waals surface area (Å²) in [6, 6.07) is 0. The standard InChI is InChI=1S/C73H124O6/c1-4-7-10-13-16-19-22-25-28-30-31-32-33-34-35-36-37-38-39-40-41-43-45-48-51-54-57-60-63-66-72(75)78-69-70(68-77-71(74)65-62-59-56-53-50-47-44-27-24-21-18-15-12-9-6-3)79-73(76)67-64-61-58-55-52-49-46-42-29-26-23-20-17-14-11-8-5-2/h7-8,10-11,16-21,25-29,31-32,44,70H,4-6,9,12-15,22-24,30,33-43,45-69H2,1-3H3/b10-7-,11-8-,19-16-,20-17-,21-18-,28-25-,29-26-,32-31-,44-27-. The molecule has 0 aromatic heterocycles. The Morgan fingerprint density at radius 1 is 0.266 bits per heavy atom. The number of carbonyl (C=O) groups excluding carboxylic acids is 3. The van der Waals surface area contributed by atoms with Gasteiger partial charge in [0.05, 0.1) is 0 Å². The minimum atomic E-state index is -0.791. The molecule has 0 saturated heterocycles. The number of unbranched alkanes of at least 4 members (excludes halogenated alkanes) is 31. The van der Waals surface area contributed by atoms with Crippen LogP contribution in [0.2, 0.25) is 0 Å². The maximum absolute atomic E-state index is 12.9. The molecule has 0 fully saturated rings. The lowest BCUT2D eigenvalue weighted by molar-refractivity contribution is -0.167. The summed E-state index contributed by atoms with van der Waals surface area (Å²) >= 11 is 0. The fourth-order valence-corrected chi connectivity index (χ4v) is 9.30. The fourth-order valence-electron chi connectivity index (χ4n) is 9.30. The largest absolute Gasteiger partial charge is 0.462 e. The van der Waals surface area contributed by atoms with Crippen molar-refractivity contribution in [3.63, 3.8) is 0 Å². The molecule has 0 aromatic rings. The molecule has 0 radical (unpaired) electrons. The van der Waals surface area contributed by atoms with Crippen molar-refractivity contribution in [3.8, 4) is 0 Å². The van der Waals surface area contributed by atoms with E-state index in [1.54, 1.807) is 0 Å². The highest BCUT2D eigenvalue weighted by Gasteiger charge is 2.19. The van der Waals surface area contributed by atoms with E-state index in [9.17, 15) is 14.4 Å². The van der Waals surface area contributed by atoms with Crippen molar-refractivity contribution in [2.45, 2.75) is 322 Å². The molecule has 0 aliphatic rings. The molecule has 0 aromatic carbocycles. The van der Waals surface area contributed by atoms with Crippen molar-refractivity contribution in [1.82, 2.24) is 0 Å². The van der Waals surface area contributed by atoms with Gasteiger partial charge in [0.25, 0.3) is 0 Å². The van der Waals surface area contributed by atoms with Crippen LogP contribution in [0.5, 0.6) is 0 Å². The molecule has 1 unspecified atom stereocenters. The first-order chi connectivity index (χ1) is 39.0. The van der Waals surface area contributed by atoms with Gasteiger partial charge in [0, 0.05) is 19.3 Å². The molecule has 1 atom stereocenters. The SMILES string of the molecule is CC/C=C\C/C=C\C/C=C\C/C=C\CCCCCCCCCCCCCCCCCCC(=O)OCC(COC(=O)CCCCCCC/C=C\C/C=C\CCCCC)OC(=O)CCCCCCCCC/C=C\C/C=C\C/C=C\CC. The van der Waals surface area contributed by atoms with Crippen LogP contribution in [0.1, 0.15) is 316 Å². The highest BCUT2D eigenvalue weighted by atomic mass is 16.6. The average molecular weight is 1100 g/mol. The van der Waals surface area contributed by atoms with Crippen LogP contribution in [-0.2, 0) is 28.6 Å². The summed E-state index contributed by atoms with van der Waals surface area (Å²) in [6.45, 7) is 6.40. The second-order valence-electron chi connectivity index (χ2n) is 22.0. The molecular formula is C73H124O6. The lowest BCUT2D eigenvalue weighted by Gasteiger charge is -2.18. The quantitative estimate of drug-likeness (QED) is 0.0261. The smallest absolute Gasteiger partial charge is 0.306 e. The van der Waals surface area contributed by atoms with Gasteiger partial charge >= 0.3 is 17.9 Å². The maximum atomic E-state index is 12.9. The predicted molar refractivity (Wildman–Crippen MR) is 343 cm³/mol. The summed E-state index contributed by atoms with van der Waals surface area (Å²) in [4.78, 5) is 38.4. The number of esters is 3. The van der Waals surface area contributed by atoms with Crippen LogP contribution in [0.4, 0.5) is 0 Å². The van der Waals surface area contributed by atoms with Crippen LogP contribution in [0.15, 0.2) is 109 Å². The molecular weight excluding hydrogens is 973 g/mol. The van der Waals surface area contributed by atoms with Crippen LogP contribution in [0, 0.1) is 0 Å². The lowest BCUT2D eigenvalue weighted by atomic mass is 10.0. The van der Waals surface area contributed by atoms with E-state index in [-0.39, 0.29) is 31.1 Å². The minimum absolute atomic E-state index is 0.0855. The van der Waals surface area contributed by atoms with E-state index in [0.29, 0.717) is 19.3 Å². The molecule has 452 valence electrons. The zero-order valence-corrected chi connectivity index (χ0v) is 51.9. The third kappa shape index (κ3) is 64.8. The highest BCUT2D eigenvalue weighted by molar-refractivity contribution is 5.71. The summed E-state index contributed by atoms with van der Waals surface area (Å²) in [5, 5.41) is 0. The molecule has 6 heteroatoms. The monoisotopic (exact) mass is 1100 g/mol. The van der Waals surface area contributed by atoms with Gasteiger partial charge in [-0.1, -0.05) is 284 Å². The summed E-state index contributed by atoms with van der Waals surface area (Å²) in [7, 11) is 0. The molecule has 0 bridgehead atoms. The minimum Gasteiger partial charge on any atom is -0.462 e. The molecule has 0 saturated carbocycles. The number of ether oxygens (including phenoxy) is 3. The van der Waals surface area contributed by atoms with E-state index in [1.165, 1.54) is 148 Å². The number of hydrogen-bond acceptors (Lipinski definition) is 6. The first kappa shape index (κ1) is 75.1. The van der Waals surface area contributed by atoms with Gasteiger partial charge in [0.15, 0.2) is 6.10 Å². The predicted octanol–water partition coefficient (Wildman–Crippen LogP) is 23.0. The number of carbonyl (C=O) groups is 3. The third-order valence-corrected chi connectivity index (χ3v) is 14.2. The van der Waals surface area contributed by atoms with E-state index >= 15 is 0 Å². The van der Waals surface area contributed by atoms with E-state index in [4.69, 9.17) is 14.2 Å². The number of allylic oxidation sites excluding steroid dienone is 18. The van der Waals surface area contributed by atoms with Gasteiger partial charge in [-0.25, -0.2) is 0 Å². The summed E-state index contributed by atoms with van der Waals surface area (Å²) in [5.74, 6) is -0.899. The molecule has 0 aliphatic heterocycles. The van der Waals surface area contributed by atoms with Crippen LogP contribution < -0.4 is 0 Å². The van der Waals surface area contributed by atoms with Gasteiger partial charge in [-0.3, -0.25) is 14.4 Å². The molecule has 6 nitrogen and oxygen atoms in total. The molecule has 0 rings (SSSR count). The summed E-state index contributed by atoms with van der Waals surface area (Å²) < 4.78 is 16.9. The van der Waals surface area contributed by atoms with Crippen molar-refractivity contribution >= 4 is 17.9 Å². The van der Waals surface area contributed by atoms with Crippen LogP contribution in [0.3, 0.4) is 0 Å². The number of hydrogen-bond donors (Lipinski definition) is 0. The fraction of sp³-hybridized carbons (Fsp3) is 0.712. The molecule has 0 aliphatic carbocycles. The Labute approximate surface area is 489 Å². The van der Waals surface area contributed by atoms with Crippen LogP contribution in [-0.4, -0.2) is 37.2 Å².